The van der Waals surface area contributed by atoms with Crippen molar-refractivity contribution in [1.82, 2.24) is 0 Å². The van der Waals surface area contributed by atoms with Crippen molar-refractivity contribution >= 4 is 23.3 Å². The van der Waals surface area contributed by atoms with Crippen molar-refractivity contribution < 1.29 is 14.3 Å². The maximum atomic E-state index is 11.9. The second kappa shape index (κ2) is 5.44. The number of nitrogens with zero attached hydrogens (tertiary/aromatic N) is 1. The number of esters is 1. The highest BCUT2D eigenvalue weighted by molar-refractivity contribution is 6.12. The van der Waals surface area contributed by atoms with E-state index in [1.165, 1.54) is 7.11 Å². The van der Waals surface area contributed by atoms with Crippen molar-refractivity contribution in [2.45, 2.75) is 6.42 Å². The highest BCUT2D eigenvalue weighted by atomic mass is 16.5. The zero-order valence-electron chi connectivity index (χ0n) is 12.0. The molecule has 1 aliphatic rings. The van der Waals surface area contributed by atoms with Crippen LogP contribution in [-0.4, -0.2) is 24.7 Å². The van der Waals surface area contributed by atoms with Gasteiger partial charge in [0, 0.05) is 17.5 Å². The molecule has 0 atom stereocenters. The zero-order valence-corrected chi connectivity index (χ0v) is 12.0. The summed E-state index contributed by atoms with van der Waals surface area (Å²) in [5.74, 6) is -0.881. The third-order valence-electron chi connectivity index (χ3n) is 3.63. The van der Waals surface area contributed by atoms with Crippen LogP contribution in [0.3, 0.4) is 0 Å². The molecule has 0 saturated carbocycles. The average Bonchev–Trinajstić information content (AvgIpc) is 2.96. The predicted octanol–water partition coefficient (Wildman–Crippen LogP) is 2.25. The predicted molar refractivity (Wildman–Crippen MR) is 82.6 cm³/mol. The number of nitrogens with two attached hydrogens (primary N) is 1. The second-order valence-electron chi connectivity index (χ2n) is 4.98. The molecule has 1 amide bonds. The number of methoxy groups -OCH3 is 1. The molecule has 0 aromatic heterocycles. The van der Waals surface area contributed by atoms with Gasteiger partial charge in [-0.2, -0.15) is 0 Å². The summed E-state index contributed by atoms with van der Waals surface area (Å²) >= 11 is 0. The van der Waals surface area contributed by atoms with Gasteiger partial charge in [0.05, 0.1) is 24.1 Å². The number of hydrogen-bond acceptors (Lipinski definition) is 4. The first-order valence-corrected chi connectivity index (χ1v) is 6.78. The minimum Gasteiger partial charge on any atom is -0.465 e. The summed E-state index contributed by atoms with van der Waals surface area (Å²) in [5.41, 5.74) is 9.42. The van der Waals surface area contributed by atoms with Gasteiger partial charge >= 0.3 is 5.97 Å². The number of benzene rings is 2. The molecule has 110 valence electrons. The smallest absolute Gasteiger partial charge is 0.338 e. The minimum atomic E-state index is -0.485. The second-order valence-corrected chi connectivity index (χ2v) is 4.98. The molecule has 2 aromatic carbocycles. The Labute approximate surface area is 127 Å². The lowest BCUT2D eigenvalue weighted by Gasteiger charge is -2.07. The van der Waals surface area contributed by atoms with Crippen LogP contribution in [0.15, 0.2) is 47.5 Å². The Morgan fingerprint density at radius 1 is 1.18 bits per heavy atom. The monoisotopic (exact) mass is 294 g/mol. The van der Waals surface area contributed by atoms with Crippen molar-refractivity contribution in [3.63, 3.8) is 0 Å². The molecule has 2 N–H and O–H groups in total. The van der Waals surface area contributed by atoms with E-state index < -0.39 is 11.9 Å². The highest BCUT2D eigenvalue weighted by Gasteiger charge is 2.21. The summed E-state index contributed by atoms with van der Waals surface area (Å²) in [5, 5.41) is 0. The van der Waals surface area contributed by atoms with E-state index in [0.29, 0.717) is 23.2 Å². The van der Waals surface area contributed by atoms with Crippen molar-refractivity contribution in [2.24, 2.45) is 10.7 Å². The molecule has 22 heavy (non-hydrogen) atoms. The van der Waals surface area contributed by atoms with Gasteiger partial charge < -0.3 is 10.5 Å². The molecule has 3 rings (SSSR count). The van der Waals surface area contributed by atoms with Gasteiger partial charge in [-0.3, -0.25) is 9.79 Å². The standard InChI is InChI=1S/C17H14N2O3/c1-22-17(21)13-5-3-2-4-12(13)15-8-10-6-7-11(16(18)20)9-14(10)19-15/h2-7,9H,8H2,1H3,(H2,18,20). The van der Waals surface area contributed by atoms with Crippen molar-refractivity contribution in [1.29, 1.82) is 0 Å². The topological polar surface area (TPSA) is 81.8 Å². The van der Waals surface area contributed by atoms with Crippen LogP contribution in [-0.2, 0) is 11.2 Å². The summed E-state index contributed by atoms with van der Waals surface area (Å²) in [4.78, 5) is 27.7. The number of primary amides is 1. The molecule has 0 radical (unpaired) electrons. The number of carbonyl (C=O) groups excluding carboxylic acids is 2. The summed E-state index contributed by atoms with van der Waals surface area (Å²) < 4.78 is 4.81. The van der Waals surface area contributed by atoms with Crippen molar-refractivity contribution in [2.75, 3.05) is 7.11 Å². The maximum Gasteiger partial charge on any atom is 0.338 e. The largest absolute Gasteiger partial charge is 0.465 e. The van der Waals surface area contributed by atoms with E-state index in [0.717, 1.165) is 16.8 Å². The summed E-state index contributed by atoms with van der Waals surface area (Å²) in [6.07, 6.45) is 0.600. The van der Waals surface area contributed by atoms with Gasteiger partial charge in [0.25, 0.3) is 0 Å². The Balaban J connectivity index is 2.03. The first-order chi connectivity index (χ1) is 10.6. The first kappa shape index (κ1) is 14.0. The Bertz CT molecular complexity index is 809. The Morgan fingerprint density at radius 2 is 1.95 bits per heavy atom. The molecule has 0 aliphatic carbocycles. The van der Waals surface area contributed by atoms with Gasteiger partial charge in [-0.05, 0) is 23.8 Å². The third kappa shape index (κ3) is 2.37. The molecule has 0 saturated heterocycles. The number of aliphatic imine (C=N–C) groups is 1. The SMILES string of the molecule is COC(=O)c1ccccc1C1=Nc2cc(C(N)=O)ccc2C1. The van der Waals surface area contributed by atoms with Crippen LogP contribution in [0.2, 0.25) is 0 Å². The van der Waals surface area contributed by atoms with Gasteiger partial charge in [0.2, 0.25) is 5.91 Å². The Morgan fingerprint density at radius 3 is 2.68 bits per heavy atom. The van der Waals surface area contributed by atoms with Crippen LogP contribution in [0, 0.1) is 0 Å². The quantitative estimate of drug-likeness (QED) is 0.881. The molecule has 1 aliphatic heterocycles. The van der Waals surface area contributed by atoms with E-state index in [-0.39, 0.29) is 0 Å². The molecule has 5 heteroatoms. The normalized spacial score (nSPS) is 12.5. The fraction of sp³-hybridized carbons (Fsp3) is 0.118. The van der Waals surface area contributed by atoms with E-state index in [1.807, 2.05) is 18.2 Å². The fourth-order valence-electron chi connectivity index (χ4n) is 2.51. The van der Waals surface area contributed by atoms with Gasteiger partial charge in [0.15, 0.2) is 0 Å². The average molecular weight is 294 g/mol. The molecule has 2 aromatic rings. The van der Waals surface area contributed by atoms with Crippen LogP contribution in [0.1, 0.15) is 31.8 Å². The van der Waals surface area contributed by atoms with Gasteiger partial charge in [-0.15, -0.1) is 0 Å². The third-order valence-corrected chi connectivity index (χ3v) is 3.63. The molecule has 0 bridgehead atoms. The summed E-state index contributed by atoms with van der Waals surface area (Å²) in [7, 11) is 1.35. The minimum absolute atomic E-state index is 0.396. The van der Waals surface area contributed by atoms with Gasteiger partial charge in [-0.25, -0.2) is 4.79 Å². The van der Waals surface area contributed by atoms with E-state index in [4.69, 9.17) is 10.5 Å². The van der Waals surface area contributed by atoms with E-state index in [1.54, 1.807) is 24.3 Å². The molecular formula is C17H14N2O3. The van der Waals surface area contributed by atoms with Crippen LogP contribution in [0.4, 0.5) is 5.69 Å². The molecule has 0 fully saturated rings. The fourth-order valence-corrected chi connectivity index (χ4v) is 2.51. The lowest BCUT2D eigenvalue weighted by Crippen LogP contribution is -2.11. The lowest BCUT2D eigenvalue weighted by atomic mass is 9.99. The number of rotatable bonds is 3. The Hall–Kier alpha value is -2.95. The molecule has 0 spiro atoms. The number of fused-ring (bicyclic) bond motifs is 1. The first-order valence-electron chi connectivity index (χ1n) is 6.78. The highest BCUT2D eigenvalue weighted by Crippen LogP contribution is 2.30. The van der Waals surface area contributed by atoms with Crippen LogP contribution in [0.25, 0.3) is 0 Å². The number of amides is 1. The lowest BCUT2D eigenvalue weighted by molar-refractivity contribution is 0.0600. The van der Waals surface area contributed by atoms with E-state index >= 15 is 0 Å². The Kier molecular flexibility index (Phi) is 3.47. The van der Waals surface area contributed by atoms with Crippen LogP contribution < -0.4 is 5.73 Å². The molecule has 1 heterocycles. The zero-order chi connectivity index (χ0) is 15.7. The maximum absolute atomic E-state index is 11.9. The number of hydrogen-bond donors (Lipinski definition) is 1. The van der Waals surface area contributed by atoms with E-state index in [2.05, 4.69) is 4.99 Å². The number of carbonyl (C=O) groups is 2. The van der Waals surface area contributed by atoms with E-state index in [9.17, 15) is 9.59 Å². The van der Waals surface area contributed by atoms with Gasteiger partial charge in [-0.1, -0.05) is 24.3 Å². The summed E-state index contributed by atoms with van der Waals surface area (Å²) in [6, 6.07) is 12.4. The van der Waals surface area contributed by atoms with Crippen LogP contribution >= 0.6 is 0 Å². The summed E-state index contributed by atoms with van der Waals surface area (Å²) in [6.45, 7) is 0. The number of ether oxygens (including phenoxy) is 1. The van der Waals surface area contributed by atoms with Gasteiger partial charge in [0.1, 0.15) is 0 Å². The van der Waals surface area contributed by atoms with Crippen molar-refractivity contribution in [3.05, 3.63) is 64.7 Å². The van der Waals surface area contributed by atoms with Crippen LogP contribution in [0.5, 0.6) is 0 Å². The van der Waals surface area contributed by atoms with Crippen molar-refractivity contribution in [3.8, 4) is 0 Å². The molecule has 0 unspecified atom stereocenters. The molecular weight excluding hydrogens is 280 g/mol. The molecule has 5 nitrogen and oxygen atoms in total.